The number of aromatic nitrogens is 2. The quantitative estimate of drug-likeness (QED) is 0.744. The fraction of sp³-hybridized carbons (Fsp3) is 0.167. The number of nitrogens with one attached hydrogen (secondary N) is 1. The van der Waals surface area contributed by atoms with Crippen LogP contribution < -0.4 is 20.3 Å². The minimum atomic E-state index is -0.488. The zero-order chi connectivity index (χ0) is 19.0. The van der Waals surface area contributed by atoms with E-state index in [-0.39, 0.29) is 22.5 Å². The average molecular weight is 390 g/mol. The second-order valence-corrected chi connectivity index (χ2v) is 6.27. The minimum Gasteiger partial charge on any atom is -0.486 e. The van der Waals surface area contributed by atoms with E-state index < -0.39 is 17.3 Å². The van der Waals surface area contributed by atoms with Crippen molar-refractivity contribution in [3.05, 3.63) is 57.9 Å². The molecule has 9 heteroatoms. The first-order chi connectivity index (χ1) is 13.0. The first-order valence-corrected chi connectivity index (χ1v) is 8.43. The van der Waals surface area contributed by atoms with E-state index in [1.165, 1.54) is 18.5 Å². The van der Waals surface area contributed by atoms with E-state index in [1.54, 1.807) is 12.1 Å². The second-order valence-electron chi connectivity index (χ2n) is 5.86. The fourth-order valence-electron chi connectivity index (χ4n) is 2.75. The topological polar surface area (TPSA) is 82.5 Å². The standard InChI is InChI=1S/C18H13ClFN3O4/c19-12-6-15-16(27-4-3-26-15)7-14(12)22-17(24)8-23-9-21-13-5-10(20)1-2-11(13)18(23)25/h1-2,5-7,9H,3-4,8H2,(H,22,24). The molecule has 0 atom stereocenters. The number of hydrogen-bond acceptors (Lipinski definition) is 5. The number of anilines is 1. The van der Waals surface area contributed by atoms with Gasteiger partial charge in [-0.2, -0.15) is 0 Å². The molecule has 1 aromatic heterocycles. The van der Waals surface area contributed by atoms with Gasteiger partial charge in [-0.05, 0) is 12.1 Å². The number of carbonyl (C=O) groups is 1. The Bertz CT molecular complexity index is 1120. The molecule has 2 aromatic carbocycles. The van der Waals surface area contributed by atoms with Gasteiger partial charge in [-0.25, -0.2) is 9.37 Å². The summed E-state index contributed by atoms with van der Waals surface area (Å²) in [7, 11) is 0. The Hall–Kier alpha value is -3.13. The smallest absolute Gasteiger partial charge is 0.261 e. The molecule has 27 heavy (non-hydrogen) atoms. The van der Waals surface area contributed by atoms with Gasteiger partial charge in [0.1, 0.15) is 25.6 Å². The number of rotatable bonds is 3. The molecule has 0 radical (unpaired) electrons. The number of ether oxygens (including phenoxy) is 2. The molecule has 0 spiro atoms. The molecule has 1 N–H and O–H groups in total. The normalized spacial score (nSPS) is 12.8. The van der Waals surface area contributed by atoms with Gasteiger partial charge in [-0.1, -0.05) is 11.6 Å². The third-order valence-electron chi connectivity index (χ3n) is 4.01. The molecule has 0 bridgehead atoms. The lowest BCUT2D eigenvalue weighted by Crippen LogP contribution is -2.28. The lowest BCUT2D eigenvalue weighted by Gasteiger charge is -2.20. The Kier molecular flexibility index (Phi) is 4.41. The van der Waals surface area contributed by atoms with Crippen LogP contribution in [0, 0.1) is 5.82 Å². The van der Waals surface area contributed by atoms with Crippen molar-refractivity contribution < 1.29 is 18.7 Å². The second kappa shape index (κ2) is 6.88. The highest BCUT2D eigenvalue weighted by Gasteiger charge is 2.17. The Morgan fingerprint density at radius 1 is 1.22 bits per heavy atom. The van der Waals surface area contributed by atoms with Crippen molar-refractivity contribution in [2.75, 3.05) is 18.5 Å². The molecule has 1 aliphatic rings. The van der Waals surface area contributed by atoms with Crippen molar-refractivity contribution in [2.45, 2.75) is 6.54 Å². The summed E-state index contributed by atoms with van der Waals surface area (Å²) in [5.74, 6) is 0.0241. The van der Waals surface area contributed by atoms with Crippen LogP contribution in [0.2, 0.25) is 5.02 Å². The molecule has 0 saturated heterocycles. The lowest BCUT2D eigenvalue weighted by atomic mass is 10.2. The van der Waals surface area contributed by atoms with Crippen LogP contribution in [0.3, 0.4) is 0 Å². The first-order valence-electron chi connectivity index (χ1n) is 8.05. The van der Waals surface area contributed by atoms with Crippen molar-refractivity contribution >= 4 is 34.1 Å². The van der Waals surface area contributed by atoms with Crippen LogP contribution in [-0.2, 0) is 11.3 Å². The molecule has 0 fully saturated rings. The molecule has 0 aliphatic carbocycles. The van der Waals surface area contributed by atoms with Crippen LogP contribution in [0.15, 0.2) is 41.5 Å². The molecule has 1 amide bonds. The van der Waals surface area contributed by atoms with Crippen molar-refractivity contribution in [1.82, 2.24) is 9.55 Å². The summed E-state index contributed by atoms with van der Waals surface area (Å²) in [6.07, 6.45) is 1.20. The highest BCUT2D eigenvalue weighted by atomic mass is 35.5. The van der Waals surface area contributed by atoms with Gasteiger partial charge < -0.3 is 14.8 Å². The van der Waals surface area contributed by atoms with Crippen molar-refractivity contribution in [1.29, 1.82) is 0 Å². The van der Waals surface area contributed by atoms with E-state index >= 15 is 0 Å². The summed E-state index contributed by atoms with van der Waals surface area (Å²) in [6.45, 7) is 0.557. The largest absolute Gasteiger partial charge is 0.486 e. The summed E-state index contributed by atoms with van der Waals surface area (Å²) in [5, 5.41) is 3.15. The van der Waals surface area contributed by atoms with Crippen LogP contribution in [0.5, 0.6) is 11.5 Å². The van der Waals surface area contributed by atoms with Crippen LogP contribution >= 0.6 is 11.6 Å². The molecule has 0 unspecified atom stereocenters. The molecular weight excluding hydrogens is 377 g/mol. The number of fused-ring (bicyclic) bond motifs is 2. The molecule has 0 saturated carbocycles. The maximum Gasteiger partial charge on any atom is 0.261 e. The molecular formula is C18H13ClFN3O4. The number of amides is 1. The van der Waals surface area contributed by atoms with Gasteiger partial charge in [0.05, 0.1) is 27.9 Å². The Labute approximate surface area is 157 Å². The molecule has 2 heterocycles. The predicted molar refractivity (Wildman–Crippen MR) is 97.0 cm³/mol. The highest BCUT2D eigenvalue weighted by molar-refractivity contribution is 6.34. The van der Waals surface area contributed by atoms with Crippen molar-refractivity contribution in [2.24, 2.45) is 0 Å². The number of carbonyl (C=O) groups excluding carboxylic acids is 1. The zero-order valence-corrected chi connectivity index (χ0v) is 14.6. The molecule has 7 nitrogen and oxygen atoms in total. The maximum atomic E-state index is 13.2. The Balaban J connectivity index is 1.56. The van der Waals surface area contributed by atoms with Gasteiger partial charge in [0.25, 0.3) is 5.56 Å². The zero-order valence-electron chi connectivity index (χ0n) is 13.9. The number of benzene rings is 2. The van der Waals surface area contributed by atoms with Crippen molar-refractivity contribution in [3.63, 3.8) is 0 Å². The van der Waals surface area contributed by atoms with Crippen molar-refractivity contribution in [3.8, 4) is 11.5 Å². The van der Waals surface area contributed by atoms with Gasteiger partial charge in [-0.3, -0.25) is 14.2 Å². The van der Waals surface area contributed by atoms with Crippen LogP contribution in [-0.4, -0.2) is 28.7 Å². The molecule has 1 aliphatic heterocycles. The van der Waals surface area contributed by atoms with Gasteiger partial charge >= 0.3 is 0 Å². The van der Waals surface area contributed by atoms with Gasteiger partial charge in [0, 0.05) is 18.2 Å². The summed E-state index contributed by atoms with van der Waals surface area (Å²) in [5.41, 5.74) is 0.129. The van der Waals surface area contributed by atoms with Gasteiger partial charge in [0.2, 0.25) is 5.91 Å². The van der Waals surface area contributed by atoms with E-state index in [0.29, 0.717) is 30.4 Å². The summed E-state index contributed by atoms with van der Waals surface area (Å²) >= 11 is 6.17. The highest BCUT2D eigenvalue weighted by Crippen LogP contribution is 2.37. The molecule has 138 valence electrons. The average Bonchev–Trinajstić information content (AvgIpc) is 2.64. The van der Waals surface area contributed by atoms with Crippen LogP contribution in [0.4, 0.5) is 10.1 Å². The van der Waals surface area contributed by atoms with Crippen LogP contribution in [0.1, 0.15) is 0 Å². The molecule has 4 rings (SSSR count). The van der Waals surface area contributed by atoms with E-state index in [9.17, 15) is 14.0 Å². The maximum absolute atomic E-state index is 13.2. The van der Waals surface area contributed by atoms with Crippen LogP contribution in [0.25, 0.3) is 10.9 Å². The third kappa shape index (κ3) is 3.43. The lowest BCUT2D eigenvalue weighted by molar-refractivity contribution is -0.116. The fourth-order valence-corrected chi connectivity index (χ4v) is 2.95. The van der Waals surface area contributed by atoms with E-state index in [1.807, 2.05) is 0 Å². The number of hydrogen-bond donors (Lipinski definition) is 1. The number of nitrogens with zero attached hydrogens (tertiary/aromatic N) is 2. The minimum absolute atomic E-state index is 0.226. The van der Waals surface area contributed by atoms with E-state index in [2.05, 4.69) is 10.3 Å². The summed E-state index contributed by atoms with van der Waals surface area (Å²) in [6, 6.07) is 6.80. The summed E-state index contributed by atoms with van der Waals surface area (Å²) < 4.78 is 25.3. The van der Waals surface area contributed by atoms with E-state index in [0.717, 1.165) is 10.6 Å². The Morgan fingerprint density at radius 3 is 2.74 bits per heavy atom. The van der Waals surface area contributed by atoms with Gasteiger partial charge in [0.15, 0.2) is 11.5 Å². The monoisotopic (exact) mass is 389 g/mol. The SMILES string of the molecule is O=C(Cn1cnc2cc(F)ccc2c1=O)Nc1cc2c(cc1Cl)OCCO2. The number of halogens is 2. The summed E-state index contributed by atoms with van der Waals surface area (Å²) in [4.78, 5) is 28.8. The Morgan fingerprint density at radius 2 is 1.96 bits per heavy atom. The first kappa shape index (κ1) is 17.3. The van der Waals surface area contributed by atoms with Gasteiger partial charge in [-0.15, -0.1) is 0 Å². The van der Waals surface area contributed by atoms with E-state index in [4.69, 9.17) is 21.1 Å². The molecule has 3 aromatic rings. The third-order valence-corrected chi connectivity index (χ3v) is 4.32. The predicted octanol–water partition coefficient (Wildman–Crippen LogP) is 2.60.